The molecule has 29 heavy (non-hydrogen) atoms. The lowest BCUT2D eigenvalue weighted by Crippen LogP contribution is -2.46. The van der Waals surface area contributed by atoms with Crippen molar-refractivity contribution in [2.75, 3.05) is 31.1 Å². The first-order chi connectivity index (χ1) is 14.1. The van der Waals surface area contributed by atoms with Crippen LogP contribution in [0.25, 0.3) is 5.69 Å². The lowest BCUT2D eigenvalue weighted by atomic mass is 10.2. The molecule has 3 aromatic rings. The SMILES string of the molecule is Cn1c(CN2CCN(c3ccc(C#N)cn3)CC2)c(Cl)c(=O)n1-c1ccccc1. The van der Waals surface area contributed by atoms with Crippen LogP contribution in [0.3, 0.4) is 0 Å². The maximum atomic E-state index is 12.7. The molecule has 0 bridgehead atoms. The average Bonchev–Trinajstić information content (AvgIpc) is 2.98. The Morgan fingerprint density at radius 3 is 2.45 bits per heavy atom. The van der Waals surface area contributed by atoms with E-state index in [-0.39, 0.29) is 10.6 Å². The summed E-state index contributed by atoms with van der Waals surface area (Å²) in [6.07, 6.45) is 1.60. The van der Waals surface area contributed by atoms with Gasteiger partial charge in [-0.1, -0.05) is 29.8 Å². The zero-order valence-electron chi connectivity index (χ0n) is 16.1. The average molecular weight is 409 g/mol. The van der Waals surface area contributed by atoms with Crippen LogP contribution in [0.4, 0.5) is 5.82 Å². The van der Waals surface area contributed by atoms with Crippen LogP contribution >= 0.6 is 11.6 Å². The van der Waals surface area contributed by atoms with Crippen LogP contribution in [0.5, 0.6) is 0 Å². The number of rotatable bonds is 4. The number of anilines is 1. The third-order valence-corrected chi connectivity index (χ3v) is 5.65. The summed E-state index contributed by atoms with van der Waals surface area (Å²) in [6, 6.07) is 15.3. The summed E-state index contributed by atoms with van der Waals surface area (Å²) < 4.78 is 3.45. The summed E-state index contributed by atoms with van der Waals surface area (Å²) in [7, 11) is 1.87. The fraction of sp³-hybridized carbons (Fsp3) is 0.286. The topological polar surface area (TPSA) is 70.1 Å². The molecule has 148 valence electrons. The van der Waals surface area contributed by atoms with Gasteiger partial charge in [-0.3, -0.25) is 14.4 Å². The van der Waals surface area contributed by atoms with Gasteiger partial charge in [-0.15, -0.1) is 0 Å². The van der Waals surface area contributed by atoms with E-state index in [1.165, 1.54) is 0 Å². The minimum atomic E-state index is -0.198. The Hall–Kier alpha value is -3.08. The molecular formula is C21H21ClN6O. The van der Waals surface area contributed by atoms with Crippen LogP contribution < -0.4 is 10.5 Å². The zero-order valence-corrected chi connectivity index (χ0v) is 16.9. The van der Waals surface area contributed by atoms with Crippen LogP contribution in [0.2, 0.25) is 5.02 Å². The fourth-order valence-electron chi connectivity index (χ4n) is 3.63. The highest BCUT2D eigenvalue weighted by molar-refractivity contribution is 6.31. The van der Waals surface area contributed by atoms with E-state index in [1.54, 1.807) is 16.9 Å². The monoisotopic (exact) mass is 408 g/mol. The number of piperazine rings is 1. The van der Waals surface area contributed by atoms with E-state index in [4.69, 9.17) is 16.9 Å². The van der Waals surface area contributed by atoms with Crippen molar-refractivity contribution in [2.45, 2.75) is 6.54 Å². The molecule has 2 aromatic heterocycles. The molecule has 0 aliphatic carbocycles. The predicted molar refractivity (Wildman–Crippen MR) is 112 cm³/mol. The van der Waals surface area contributed by atoms with Gasteiger partial charge in [-0.05, 0) is 24.3 Å². The van der Waals surface area contributed by atoms with Gasteiger partial charge in [0, 0.05) is 46.0 Å². The van der Waals surface area contributed by atoms with Crippen LogP contribution in [-0.2, 0) is 13.6 Å². The first-order valence-corrected chi connectivity index (χ1v) is 9.81. The molecular weight excluding hydrogens is 388 g/mol. The molecule has 0 spiro atoms. The van der Waals surface area contributed by atoms with Crippen molar-refractivity contribution in [2.24, 2.45) is 7.05 Å². The Kier molecular flexibility index (Phi) is 5.38. The molecule has 7 nitrogen and oxygen atoms in total. The second-order valence-electron chi connectivity index (χ2n) is 7.02. The highest BCUT2D eigenvalue weighted by Crippen LogP contribution is 2.19. The van der Waals surface area contributed by atoms with Gasteiger partial charge in [0.1, 0.15) is 16.9 Å². The molecule has 0 atom stereocenters. The molecule has 0 unspecified atom stereocenters. The number of benzene rings is 1. The first-order valence-electron chi connectivity index (χ1n) is 9.43. The second-order valence-corrected chi connectivity index (χ2v) is 7.39. The maximum absolute atomic E-state index is 12.7. The number of halogens is 1. The van der Waals surface area contributed by atoms with Crippen molar-refractivity contribution >= 4 is 17.4 Å². The zero-order chi connectivity index (χ0) is 20.4. The van der Waals surface area contributed by atoms with Gasteiger partial charge >= 0.3 is 0 Å². The van der Waals surface area contributed by atoms with E-state index >= 15 is 0 Å². The molecule has 1 fully saturated rings. The van der Waals surface area contributed by atoms with Crippen molar-refractivity contribution in [1.29, 1.82) is 5.26 Å². The molecule has 1 aliphatic heterocycles. The second kappa shape index (κ2) is 8.11. The normalized spacial score (nSPS) is 14.7. The van der Waals surface area contributed by atoms with E-state index < -0.39 is 0 Å². The first kappa shape index (κ1) is 19.2. The Morgan fingerprint density at radius 1 is 1.10 bits per heavy atom. The number of para-hydroxylation sites is 1. The van der Waals surface area contributed by atoms with Crippen molar-refractivity contribution in [3.8, 4) is 11.8 Å². The van der Waals surface area contributed by atoms with Crippen molar-refractivity contribution in [3.63, 3.8) is 0 Å². The summed E-state index contributed by atoms with van der Waals surface area (Å²) in [6.45, 7) is 3.93. The summed E-state index contributed by atoms with van der Waals surface area (Å²) in [4.78, 5) is 21.6. The Morgan fingerprint density at radius 2 is 1.83 bits per heavy atom. The number of hydrogen-bond donors (Lipinski definition) is 0. The van der Waals surface area contributed by atoms with E-state index in [0.717, 1.165) is 43.4 Å². The summed E-state index contributed by atoms with van der Waals surface area (Å²) in [5.74, 6) is 0.879. The molecule has 4 rings (SSSR count). The largest absolute Gasteiger partial charge is 0.354 e. The molecule has 0 radical (unpaired) electrons. The van der Waals surface area contributed by atoms with Gasteiger partial charge in [0.2, 0.25) is 0 Å². The molecule has 0 N–H and O–H groups in total. The lowest BCUT2D eigenvalue weighted by Gasteiger charge is -2.35. The third kappa shape index (κ3) is 3.77. The van der Waals surface area contributed by atoms with E-state index in [9.17, 15) is 4.79 Å². The van der Waals surface area contributed by atoms with E-state index in [0.29, 0.717) is 12.1 Å². The quantitative estimate of drug-likeness (QED) is 0.663. The van der Waals surface area contributed by atoms with Crippen molar-refractivity contribution in [3.05, 3.63) is 75.3 Å². The fourth-order valence-corrected chi connectivity index (χ4v) is 3.90. The predicted octanol–water partition coefficient (Wildman–Crippen LogP) is 2.42. The highest BCUT2D eigenvalue weighted by atomic mass is 35.5. The van der Waals surface area contributed by atoms with Gasteiger partial charge in [0.15, 0.2) is 0 Å². The molecule has 1 saturated heterocycles. The number of hydrogen-bond acceptors (Lipinski definition) is 5. The van der Waals surface area contributed by atoms with E-state index in [1.807, 2.05) is 48.1 Å². The smallest absolute Gasteiger partial charge is 0.290 e. The van der Waals surface area contributed by atoms with Crippen LogP contribution in [-0.4, -0.2) is 45.4 Å². The minimum absolute atomic E-state index is 0.198. The summed E-state index contributed by atoms with van der Waals surface area (Å²) >= 11 is 6.41. The maximum Gasteiger partial charge on any atom is 0.290 e. The van der Waals surface area contributed by atoms with Gasteiger partial charge in [0.05, 0.1) is 16.9 Å². The molecule has 3 heterocycles. The van der Waals surface area contributed by atoms with Gasteiger partial charge in [0.25, 0.3) is 5.56 Å². The van der Waals surface area contributed by atoms with Gasteiger partial charge in [-0.2, -0.15) is 5.26 Å². The Balaban J connectivity index is 1.47. The Bertz CT molecular complexity index is 1090. The van der Waals surface area contributed by atoms with Gasteiger partial charge < -0.3 is 4.90 Å². The van der Waals surface area contributed by atoms with Crippen molar-refractivity contribution < 1.29 is 0 Å². The lowest BCUT2D eigenvalue weighted by molar-refractivity contribution is 0.242. The molecule has 0 saturated carbocycles. The highest BCUT2D eigenvalue weighted by Gasteiger charge is 2.23. The number of aromatic nitrogens is 3. The van der Waals surface area contributed by atoms with Crippen LogP contribution in [0, 0.1) is 11.3 Å². The molecule has 0 amide bonds. The van der Waals surface area contributed by atoms with E-state index in [2.05, 4.69) is 20.9 Å². The number of pyridine rings is 1. The number of nitriles is 1. The Labute approximate surface area is 174 Å². The van der Waals surface area contributed by atoms with Gasteiger partial charge in [-0.25, -0.2) is 9.67 Å². The molecule has 1 aliphatic rings. The third-order valence-electron chi connectivity index (χ3n) is 5.27. The summed E-state index contributed by atoms with van der Waals surface area (Å²) in [5.41, 5.74) is 1.97. The van der Waals surface area contributed by atoms with Crippen molar-refractivity contribution in [1.82, 2.24) is 19.2 Å². The minimum Gasteiger partial charge on any atom is -0.354 e. The number of nitrogens with zero attached hydrogens (tertiary/aromatic N) is 6. The molecule has 1 aromatic carbocycles. The molecule has 8 heteroatoms. The van der Waals surface area contributed by atoms with Crippen LogP contribution in [0.1, 0.15) is 11.3 Å². The van der Waals surface area contributed by atoms with Crippen LogP contribution in [0.15, 0.2) is 53.5 Å². The standard InChI is InChI=1S/C21H21ClN6O/c1-25-18(20(22)21(29)28(25)17-5-3-2-4-6-17)15-26-9-11-27(12-10-26)19-8-7-16(13-23)14-24-19/h2-8,14H,9-12,15H2,1H3. The summed E-state index contributed by atoms with van der Waals surface area (Å²) in [5, 5.41) is 9.18.